The summed E-state index contributed by atoms with van der Waals surface area (Å²) < 4.78 is 2.71. The third-order valence-electron chi connectivity index (χ3n) is 1.72. The van der Waals surface area contributed by atoms with Crippen LogP contribution in [0.5, 0.6) is 0 Å². The van der Waals surface area contributed by atoms with Crippen molar-refractivity contribution in [1.29, 1.82) is 0 Å². The normalized spacial score (nSPS) is 13.8. The van der Waals surface area contributed by atoms with E-state index in [-0.39, 0.29) is 0 Å². The maximum absolute atomic E-state index is 5.83. The Morgan fingerprint density at radius 2 is 2.46 bits per heavy atom. The van der Waals surface area contributed by atoms with Crippen molar-refractivity contribution in [3.8, 4) is 0 Å². The van der Waals surface area contributed by atoms with E-state index in [1.807, 2.05) is 16.8 Å². The molecule has 70 valence electrons. The van der Waals surface area contributed by atoms with E-state index in [1.165, 1.54) is 22.1 Å². The lowest BCUT2D eigenvalue weighted by Gasteiger charge is -2.00. The molecule has 0 fully saturated rings. The summed E-state index contributed by atoms with van der Waals surface area (Å²) in [5, 5.41) is 0.314. The number of rotatable bonds is 2. The Morgan fingerprint density at radius 3 is 3.08 bits per heavy atom. The first-order valence-corrected chi connectivity index (χ1v) is 6.77. The first kappa shape index (κ1) is 9.71. The first-order valence-electron chi connectivity index (χ1n) is 3.65. The first-order chi connectivity index (χ1) is 6.20. The van der Waals surface area contributed by atoms with Gasteiger partial charge in [-0.1, -0.05) is 33.7 Å². The van der Waals surface area contributed by atoms with E-state index in [2.05, 4.69) is 23.6 Å². The Morgan fingerprint density at radius 1 is 1.69 bits per heavy atom. The molecule has 2 aromatic heterocycles. The van der Waals surface area contributed by atoms with Gasteiger partial charge >= 0.3 is 0 Å². The number of thiazole rings is 1. The molecule has 0 aromatic carbocycles. The van der Waals surface area contributed by atoms with Crippen LogP contribution in [0.3, 0.4) is 0 Å². The van der Waals surface area contributed by atoms with Crippen LogP contribution in [0.25, 0.3) is 4.96 Å². The molecule has 2 rings (SSSR count). The second-order valence-corrected chi connectivity index (χ2v) is 5.83. The van der Waals surface area contributed by atoms with E-state index < -0.39 is 0 Å². The topological polar surface area (TPSA) is 17.3 Å². The highest BCUT2D eigenvalue weighted by molar-refractivity contribution is 8.68. The summed E-state index contributed by atoms with van der Waals surface area (Å²) in [6, 6.07) is 0. The molecule has 0 aliphatic carbocycles. The third-order valence-corrected chi connectivity index (χ3v) is 4.34. The van der Waals surface area contributed by atoms with Crippen molar-refractivity contribution < 1.29 is 0 Å². The molecule has 2 heterocycles. The van der Waals surface area contributed by atoms with Crippen LogP contribution in [-0.4, -0.2) is 9.38 Å². The molecule has 0 radical (unpaired) electrons. The predicted octanol–water partition coefficient (Wildman–Crippen LogP) is 3.69. The van der Waals surface area contributed by atoms with Crippen LogP contribution >= 0.6 is 45.4 Å². The van der Waals surface area contributed by atoms with Crippen molar-refractivity contribution in [3.63, 3.8) is 0 Å². The lowest BCUT2D eigenvalue weighted by atomic mass is 10.4. The van der Waals surface area contributed by atoms with Gasteiger partial charge in [0.1, 0.15) is 4.34 Å². The molecular weight excluding hydrogens is 244 g/mol. The Bertz CT molecular complexity index is 391. The van der Waals surface area contributed by atoms with E-state index in [1.54, 1.807) is 0 Å². The van der Waals surface area contributed by atoms with E-state index in [0.29, 0.717) is 5.25 Å². The molecule has 0 saturated heterocycles. The van der Waals surface area contributed by atoms with Gasteiger partial charge < -0.3 is 0 Å². The van der Waals surface area contributed by atoms with Gasteiger partial charge in [0, 0.05) is 12.4 Å². The van der Waals surface area contributed by atoms with Crippen LogP contribution in [0.2, 0.25) is 4.34 Å². The van der Waals surface area contributed by atoms with Crippen molar-refractivity contribution in [2.24, 2.45) is 0 Å². The molecule has 6 heteroatoms. The van der Waals surface area contributed by atoms with Crippen molar-refractivity contribution >= 4 is 50.4 Å². The largest absolute Gasteiger partial charge is 0.296 e. The molecule has 13 heavy (non-hydrogen) atoms. The van der Waals surface area contributed by atoms with Gasteiger partial charge in [0.25, 0.3) is 0 Å². The lowest BCUT2D eigenvalue weighted by Crippen LogP contribution is -1.84. The van der Waals surface area contributed by atoms with E-state index in [9.17, 15) is 0 Å². The van der Waals surface area contributed by atoms with Crippen LogP contribution in [0.4, 0.5) is 0 Å². The minimum atomic E-state index is 0.314. The van der Waals surface area contributed by atoms with Crippen molar-refractivity contribution in [3.05, 3.63) is 22.4 Å². The number of nitrogens with zero attached hydrogens (tertiary/aromatic N) is 2. The number of halogens is 1. The quantitative estimate of drug-likeness (QED) is 0.647. The van der Waals surface area contributed by atoms with Gasteiger partial charge in [-0.25, -0.2) is 4.98 Å². The zero-order chi connectivity index (χ0) is 9.42. The molecule has 0 amide bonds. The van der Waals surface area contributed by atoms with Crippen LogP contribution in [0, 0.1) is 0 Å². The fourth-order valence-corrected chi connectivity index (χ4v) is 2.60. The van der Waals surface area contributed by atoms with Crippen LogP contribution in [0.1, 0.15) is 17.9 Å². The summed E-state index contributed by atoms with van der Waals surface area (Å²) >= 11 is 11.5. The molecule has 0 bridgehead atoms. The highest BCUT2D eigenvalue weighted by atomic mass is 35.5. The predicted molar refractivity (Wildman–Crippen MR) is 63.1 cm³/mol. The molecule has 1 atom stereocenters. The Balaban J connectivity index is 2.45. The van der Waals surface area contributed by atoms with Crippen molar-refractivity contribution in [1.82, 2.24) is 9.38 Å². The van der Waals surface area contributed by atoms with E-state index >= 15 is 0 Å². The lowest BCUT2D eigenvalue weighted by molar-refractivity contribution is 1.04. The SMILES string of the molecule is CC(SS)c1cn2cc(Cl)sc2n1. The summed E-state index contributed by atoms with van der Waals surface area (Å²) in [5.74, 6) is 0. The minimum Gasteiger partial charge on any atom is -0.296 e. The number of hydrogen-bond donors (Lipinski definition) is 1. The number of hydrogen-bond acceptors (Lipinski definition) is 4. The van der Waals surface area contributed by atoms with Crippen LogP contribution in [-0.2, 0) is 0 Å². The van der Waals surface area contributed by atoms with E-state index in [4.69, 9.17) is 11.6 Å². The molecule has 0 aliphatic rings. The van der Waals surface area contributed by atoms with Gasteiger partial charge in [0.15, 0.2) is 4.96 Å². The molecule has 0 spiro atoms. The fourth-order valence-electron chi connectivity index (χ4n) is 1.04. The van der Waals surface area contributed by atoms with Gasteiger partial charge in [0.2, 0.25) is 0 Å². The van der Waals surface area contributed by atoms with E-state index in [0.717, 1.165) is 15.0 Å². The summed E-state index contributed by atoms with van der Waals surface area (Å²) in [4.78, 5) is 5.37. The highest BCUT2D eigenvalue weighted by Crippen LogP contribution is 2.32. The van der Waals surface area contributed by atoms with Crippen LogP contribution in [0.15, 0.2) is 12.4 Å². The number of imidazole rings is 1. The molecule has 1 unspecified atom stereocenters. The second-order valence-electron chi connectivity index (χ2n) is 2.64. The fraction of sp³-hybridized carbons (Fsp3) is 0.286. The smallest absolute Gasteiger partial charge is 0.195 e. The summed E-state index contributed by atoms with van der Waals surface area (Å²) in [7, 11) is 1.49. The molecule has 0 aliphatic heterocycles. The minimum absolute atomic E-state index is 0.314. The summed E-state index contributed by atoms with van der Waals surface area (Å²) in [5.41, 5.74) is 1.04. The average Bonchev–Trinajstić information content (AvgIpc) is 2.59. The van der Waals surface area contributed by atoms with Crippen LogP contribution < -0.4 is 0 Å². The zero-order valence-electron chi connectivity index (χ0n) is 6.77. The van der Waals surface area contributed by atoms with Gasteiger partial charge in [0.05, 0.1) is 10.9 Å². The van der Waals surface area contributed by atoms with Gasteiger partial charge in [-0.3, -0.25) is 4.40 Å². The molecular formula is C7H7ClN2S3. The maximum Gasteiger partial charge on any atom is 0.195 e. The third kappa shape index (κ3) is 1.83. The molecule has 0 N–H and O–H groups in total. The average molecular weight is 251 g/mol. The second kappa shape index (κ2) is 3.73. The zero-order valence-corrected chi connectivity index (χ0v) is 10.1. The van der Waals surface area contributed by atoms with Crippen molar-refractivity contribution in [2.45, 2.75) is 12.2 Å². The Hall–Kier alpha value is 0.160. The van der Waals surface area contributed by atoms with Gasteiger partial charge in [-0.2, -0.15) is 0 Å². The Kier molecular flexibility index (Phi) is 2.78. The molecule has 0 saturated carbocycles. The number of fused-ring (bicyclic) bond motifs is 1. The monoisotopic (exact) mass is 250 g/mol. The van der Waals surface area contributed by atoms with Gasteiger partial charge in [-0.05, 0) is 6.92 Å². The maximum atomic E-state index is 5.83. The van der Waals surface area contributed by atoms with Gasteiger partial charge in [-0.15, -0.1) is 11.7 Å². The summed E-state index contributed by atoms with van der Waals surface area (Å²) in [6.07, 6.45) is 3.86. The molecule has 2 aromatic rings. The molecule has 2 nitrogen and oxygen atoms in total. The number of thiol groups is 1. The highest BCUT2D eigenvalue weighted by Gasteiger charge is 2.10. The standard InChI is InChI=1S/C7H7ClN2S3/c1-4(13-11)5-2-10-3-6(8)12-7(10)9-5/h2-4,11H,1H3. The number of aromatic nitrogens is 2. The Labute approximate surface area is 94.1 Å². The summed E-state index contributed by atoms with van der Waals surface area (Å²) in [6.45, 7) is 2.08. The van der Waals surface area contributed by atoms with Crippen molar-refractivity contribution in [2.75, 3.05) is 0 Å².